The van der Waals surface area contributed by atoms with Gasteiger partial charge >= 0.3 is 0 Å². The molecule has 1 aromatic carbocycles. The summed E-state index contributed by atoms with van der Waals surface area (Å²) in [7, 11) is 0. The first-order chi connectivity index (χ1) is 8.76. The van der Waals surface area contributed by atoms with Crippen molar-refractivity contribution < 1.29 is 15.0 Å². The highest BCUT2D eigenvalue weighted by molar-refractivity contribution is 5.94. The van der Waals surface area contributed by atoms with Gasteiger partial charge in [0.15, 0.2) is 0 Å². The van der Waals surface area contributed by atoms with Gasteiger partial charge in [0.25, 0.3) is 5.91 Å². The van der Waals surface area contributed by atoms with Gasteiger partial charge in [0.2, 0.25) is 0 Å². The van der Waals surface area contributed by atoms with Crippen molar-refractivity contribution in [3.63, 3.8) is 0 Å². The minimum atomic E-state index is -0.118. The molecule has 98 valence electrons. The van der Waals surface area contributed by atoms with E-state index in [1.165, 1.54) is 16.0 Å². The zero-order valence-electron chi connectivity index (χ0n) is 10.4. The molecule has 1 amide bonds. The number of hydrogen-bond acceptors (Lipinski definition) is 3. The summed E-state index contributed by atoms with van der Waals surface area (Å²) in [6.45, 7) is 0.348. The number of amides is 1. The van der Waals surface area contributed by atoms with Crippen LogP contribution in [0.4, 0.5) is 0 Å². The summed E-state index contributed by atoms with van der Waals surface area (Å²) in [4.78, 5) is 13.7. The lowest BCUT2D eigenvalue weighted by Gasteiger charge is -2.21. The summed E-state index contributed by atoms with van der Waals surface area (Å²) < 4.78 is 0. The normalized spacial score (nSPS) is 13.4. The average Bonchev–Trinajstić information content (AvgIpc) is 2.84. The molecule has 0 unspecified atom stereocenters. The lowest BCUT2D eigenvalue weighted by molar-refractivity contribution is 0.0684. The Bertz CT molecular complexity index is 425. The van der Waals surface area contributed by atoms with E-state index < -0.39 is 0 Å². The Hall–Kier alpha value is -1.39. The minimum absolute atomic E-state index is 0.0866. The highest BCUT2D eigenvalue weighted by atomic mass is 16.3. The molecule has 0 heterocycles. The monoisotopic (exact) mass is 249 g/mol. The number of aliphatic hydroxyl groups is 2. The number of hydrogen-bond donors (Lipinski definition) is 2. The Labute approximate surface area is 107 Å². The van der Waals surface area contributed by atoms with E-state index in [2.05, 4.69) is 0 Å². The molecule has 2 rings (SSSR count). The molecule has 0 spiro atoms. The van der Waals surface area contributed by atoms with Crippen molar-refractivity contribution in [3.05, 3.63) is 34.9 Å². The van der Waals surface area contributed by atoms with E-state index in [1.807, 2.05) is 18.2 Å². The third-order valence-corrected chi connectivity index (χ3v) is 3.37. The van der Waals surface area contributed by atoms with Crippen LogP contribution in [-0.4, -0.2) is 47.3 Å². The molecule has 0 aliphatic heterocycles. The lowest BCUT2D eigenvalue weighted by Crippen LogP contribution is -2.35. The second kappa shape index (κ2) is 5.98. The third-order valence-electron chi connectivity index (χ3n) is 3.37. The maximum absolute atomic E-state index is 12.2. The fourth-order valence-corrected chi connectivity index (χ4v) is 2.44. The zero-order valence-corrected chi connectivity index (χ0v) is 10.4. The molecule has 0 saturated carbocycles. The van der Waals surface area contributed by atoms with Crippen LogP contribution < -0.4 is 0 Å². The molecule has 0 bridgehead atoms. The van der Waals surface area contributed by atoms with Crippen molar-refractivity contribution in [2.24, 2.45) is 0 Å². The molecule has 0 atom stereocenters. The third kappa shape index (κ3) is 2.71. The molecule has 1 aliphatic carbocycles. The van der Waals surface area contributed by atoms with Gasteiger partial charge in [0.1, 0.15) is 0 Å². The van der Waals surface area contributed by atoms with Crippen molar-refractivity contribution in [2.75, 3.05) is 26.3 Å². The smallest absolute Gasteiger partial charge is 0.254 e. The first-order valence-corrected chi connectivity index (χ1v) is 6.39. The van der Waals surface area contributed by atoms with Crippen LogP contribution in [0.2, 0.25) is 0 Å². The van der Waals surface area contributed by atoms with E-state index in [0.717, 1.165) is 19.3 Å². The number of nitrogens with zero attached hydrogens (tertiary/aromatic N) is 1. The second-order valence-electron chi connectivity index (χ2n) is 4.58. The van der Waals surface area contributed by atoms with Gasteiger partial charge in [-0.05, 0) is 42.5 Å². The fraction of sp³-hybridized carbons (Fsp3) is 0.500. The van der Waals surface area contributed by atoms with E-state index in [9.17, 15) is 4.79 Å². The summed E-state index contributed by atoms with van der Waals surface area (Å²) >= 11 is 0. The van der Waals surface area contributed by atoms with Crippen LogP contribution in [0.15, 0.2) is 18.2 Å². The second-order valence-corrected chi connectivity index (χ2v) is 4.58. The van der Waals surface area contributed by atoms with Crippen LogP contribution in [0.1, 0.15) is 27.9 Å². The quantitative estimate of drug-likeness (QED) is 0.803. The van der Waals surface area contributed by atoms with Crippen LogP contribution in [0, 0.1) is 0 Å². The highest BCUT2D eigenvalue weighted by Crippen LogP contribution is 2.23. The van der Waals surface area contributed by atoms with Crippen molar-refractivity contribution in [3.8, 4) is 0 Å². The van der Waals surface area contributed by atoms with Crippen molar-refractivity contribution in [1.29, 1.82) is 0 Å². The van der Waals surface area contributed by atoms with E-state index in [0.29, 0.717) is 5.56 Å². The van der Waals surface area contributed by atoms with E-state index in [4.69, 9.17) is 10.2 Å². The highest BCUT2D eigenvalue weighted by Gasteiger charge is 2.18. The Morgan fingerprint density at radius 1 is 1.11 bits per heavy atom. The van der Waals surface area contributed by atoms with Gasteiger partial charge in [-0.1, -0.05) is 6.07 Å². The molecule has 18 heavy (non-hydrogen) atoms. The number of carbonyl (C=O) groups excluding carboxylic acids is 1. The van der Waals surface area contributed by atoms with E-state index in [-0.39, 0.29) is 32.2 Å². The Morgan fingerprint density at radius 3 is 2.44 bits per heavy atom. The van der Waals surface area contributed by atoms with Crippen LogP contribution in [-0.2, 0) is 12.8 Å². The Kier molecular flexibility index (Phi) is 4.33. The number of rotatable bonds is 5. The summed E-state index contributed by atoms with van der Waals surface area (Å²) in [5, 5.41) is 17.9. The minimum Gasteiger partial charge on any atom is -0.395 e. The molecule has 0 aromatic heterocycles. The molecule has 1 aromatic rings. The lowest BCUT2D eigenvalue weighted by atomic mass is 10.1. The molecular weight excluding hydrogens is 230 g/mol. The predicted octanol–water partition coefficient (Wildman–Crippen LogP) is 0.602. The van der Waals surface area contributed by atoms with Gasteiger partial charge in [-0.25, -0.2) is 0 Å². The topological polar surface area (TPSA) is 60.8 Å². The molecule has 0 fully saturated rings. The first-order valence-electron chi connectivity index (χ1n) is 6.39. The predicted molar refractivity (Wildman–Crippen MR) is 68.5 cm³/mol. The van der Waals surface area contributed by atoms with E-state index in [1.54, 1.807) is 0 Å². The van der Waals surface area contributed by atoms with Gasteiger partial charge < -0.3 is 15.1 Å². The fourth-order valence-electron chi connectivity index (χ4n) is 2.44. The maximum Gasteiger partial charge on any atom is 0.254 e. The number of carbonyl (C=O) groups is 1. The van der Waals surface area contributed by atoms with Gasteiger partial charge in [-0.15, -0.1) is 0 Å². The van der Waals surface area contributed by atoms with Crippen LogP contribution >= 0.6 is 0 Å². The van der Waals surface area contributed by atoms with Crippen molar-refractivity contribution in [1.82, 2.24) is 4.90 Å². The molecule has 0 saturated heterocycles. The summed E-state index contributed by atoms with van der Waals surface area (Å²) in [6.07, 6.45) is 3.29. The molecule has 4 heteroatoms. The van der Waals surface area contributed by atoms with Crippen molar-refractivity contribution in [2.45, 2.75) is 19.3 Å². The number of benzene rings is 1. The Balaban J connectivity index is 2.16. The van der Waals surface area contributed by atoms with Gasteiger partial charge in [0.05, 0.1) is 13.2 Å². The molecule has 0 radical (unpaired) electrons. The average molecular weight is 249 g/mol. The first kappa shape index (κ1) is 13.1. The van der Waals surface area contributed by atoms with E-state index >= 15 is 0 Å². The SMILES string of the molecule is O=C(c1ccc2c(c1)CCC2)N(CCO)CCO. The van der Waals surface area contributed by atoms with Gasteiger partial charge in [-0.2, -0.15) is 0 Å². The van der Waals surface area contributed by atoms with Crippen LogP contribution in [0.25, 0.3) is 0 Å². The molecule has 1 aliphatic rings. The Morgan fingerprint density at radius 2 is 1.78 bits per heavy atom. The molecular formula is C14H19NO3. The van der Waals surface area contributed by atoms with Gasteiger partial charge in [0, 0.05) is 18.7 Å². The maximum atomic E-state index is 12.2. The largest absolute Gasteiger partial charge is 0.395 e. The van der Waals surface area contributed by atoms with Crippen LogP contribution in [0.3, 0.4) is 0 Å². The van der Waals surface area contributed by atoms with Crippen LogP contribution in [0.5, 0.6) is 0 Å². The summed E-state index contributed by atoms with van der Waals surface area (Å²) in [5.74, 6) is -0.118. The summed E-state index contributed by atoms with van der Waals surface area (Å²) in [5.41, 5.74) is 3.24. The molecule has 4 nitrogen and oxygen atoms in total. The number of aliphatic hydroxyl groups excluding tert-OH is 2. The molecule has 2 N–H and O–H groups in total. The van der Waals surface area contributed by atoms with Gasteiger partial charge in [-0.3, -0.25) is 4.79 Å². The zero-order chi connectivity index (χ0) is 13.0. The van der Waals surface area contributed by atoms with Crippen molar-refractivity contribution >= 4 is 5.91 Å². The summed E-state index contributed by atoms with van der Waals surface area (Å²) in [6, 6.07) is 5.81. The standard InChI is InChI=1S/C14H19NO3/c16-8-6-15(7-9-17)14(18)13-5-4-11-2-1-3-12(11)10-13/h4-5,10,16-17H,1-3,6-9H2. The number of fused-ring (bicyclic) bond motifs is 1. The number of aryl methyl sites for hydroxylation is 2.